The van der Waals surface area contributed by atoms with Crippen molar-refractivity contribution in [3.05, 3.63) is 52.5 Å². The number of carbonyl (C=O) groups is 1. The molecule has 1 aromatic heterocycles. The highest BCUT2D eigenvalue weighted by atomic mass is 32.2. The number of amides is 1. The topological polar surface area (TPSA) is 78.7 Å². The number of carbonyl (C=O) groups excluding carboxylic acids is 1. The van der Waals surface area contributed by atoms with Crippen molar-refractivity contribution in [2.24, 2.45) is 0 Å². The quantitative estimate of drug-likeness (QED) is 0.481. The number of hydrogen-bond donors (Lipinski definition) is 1. The minimum atomic E-state index is -4.43. The van der Waals surface area contributed by atoms with E-state index in [1.165, 1.54) is 12.1 Å². The van der Waals surface area contributed by atoms with Crippen LogP contribution >= 0.6 is 11.8 Å². The SMILES string of the molecule is Cc1nc(C)c(C#N)c(SCC(=O)NCC#Cc2cccc(C(F)(F)F)c2)n1. The monoisotopic (exact) mass is 404 g/mol. The molecule has 28 heavy (non-hydrogen) atoms. The fourth-order valence-electron chi connectivity index (χ4n) is 2.16. The Bertz CT molecular complexity index is 987. The third-order valence-electron chi connectivity index (χ3n) is 3.42. The summed E-state index contributed by atoms with van der Waals surface area (Å²) in [5.41, 5.74) is 0.310. The van der Waals surface area contributed by atoms with Crippen molar-refractivity contribution in [2.45, 2.75) is 25.0 Å². The lowest BCUT2D eigenvalue weighted by Gasteiger charge is -2.06. The smallest absolute Gasteiger partial charge is 0.344 e. The molecule has 1 heterocycles. The summed E-state index contributed by atoms with van der Waals surface area (Å²) in [6.07, 6.45) is -4.43. The Balaban J connectivity index is 1.90. The van der Waals surface area contributed by atoms with Crippen LogP contribution in [0.2, 0.25) is 0 Å². The number of benzene rings is 1. The van der Waals surface area contributed by atoms with E-state index in [-0.39, 0.29) is 23.8 Å². The zero-order chi connectivity index (χ0) is 20.7. The van der Waals surface area contributed by atoms with Crippen molar-refractivity contribution >= 4 is 17.7 Å². The van der Waals surface area contributed by atoms with Crippen LogP contribution in [0.4, 0.5) is 13.2 Å². The molecule has 0 radical (unpaired) electrons. The summed E-state index contributed by atoms with van der Waals surface area (Å²) in [5, 5.41) is 12.2. The normalized spacial score (nSPS) is 10.6. The number of nitriles is 1. The van der Waals surface area contributed by atoms with Gasteiger partial charge < -0.3 is 5.32 Å². The predicted molar refractivity (Wildman–Crippen MR) is 98.3 cm³/mol. The van der Waals surface area contributed by atoms with Crippen LogP contribution in [0.15, 0.2) is 29.3 Å². The highest BCUT2D eigenvalue weighted by Gasteiger charge is 2.30. The maximum Gasteiger partial charge on any atom is 0.416 e. The highest BCUT2D eigenvalue weighted by Crippen LogP contribution is 2.29. The summed E-state index contributed by atoms with van der Waals surface area (Å²) in [6.45, 7) is 3.38. The minimum absolute atomic E-state index is 0.0113. The van der Waals surface area contributed by atoms with Gasteiger partial charge in [0.25, 0.3) is 0 Å². The van der Waals surface area contributed by atoms with Crippen LogP contribution in [0.5, 0.6) is 0 Å². The molecule has 1 amide bonds. The standard InChI is InChI=1S/C19H15F3N4OS/c1-12-16(10-23)18(26-13(2)25-12)28-11-17(27)24-8-4-6-14-5-3-7-15(9-14)19(20,21)22/h3,5,7,9H,8,11H2,1-2H3,(H,24,27). The van der Waals surface area contributed by atoms with E-state index in [1.54, 1.807) is 13.8 Å². The molecule has 0 fully saturated rings. The Kier molecular flexibility index (Phi) is 7.02. The molecule has 1 N–H and O–H groups in total. The van der Waals surface area contributed by atoms with E-state index < -0.39 is 11.7 Å². The van der Waals surface area contributed by atoms with E-state index in [2.05, 4.69) is 27.1 Å². The van der Waals surface area contributed by atoms with Crippen molar-refractivity contribution in [1.82, 2.24) is 15.3 Å². The molecule has 5 nitrogen and oxygen atoms in total. The Morgan fingerprint density at radius 3 is 2.71 bits per heavy atom. The Labute approximate surface area is 164 Å². The van der Waals surface area contributed by atoms with Crippen LogP contribution in [0.3, 0.4) is 0 Å². The Morgan fingerprint density at radius 1 is 1.29 bits per heavy atom. The largest absolute Gasteiger partial charge is 0.416 e. The summed E-state index contributed by atoms with van der Waals surface area (Å²) in [4.78, 5) is 20.2. The van der Waals surface area contributed by atoms with E-state index in [1.807, 2.05) is 6.07 Å². The number of aryl methyl sites for hydroxylation is 2. The highest BCUT2D eigenvalue weighted by molar-refractivity contribution is 8.00. The first-order chi connectivity index (χ1) is 13.2. The van der Waals surface area contributed by atoms with Gasteiger partial charge in [0.15, 0.2) is 0 Å². The molecule has 2 rings (SSSR count). The number of halogens is 3. The van der Waals surface area contributed by atoms with Gasteiger partial charge in [-0.2, -0.15) is 18.4 Å². The van der Waals surface area contributed by atoms with E-state index in [0.29, 0.717) is 22.1 Å². The molecule has 0 bridgehead atoms. The molecule has 9 heteroatoms. The number of aromatic nitrogens is 2. The number of thioether (sulfide) groups is 1. The summed E-state index contributed by atoms with van der Waals surface area (Å²) in [6, 6.07) is 6.68. The molecule has 0 atom stereocenters. The molecular weight excluding hydrogens is 389 g/mol. The van der Waals surface area contributed by atoms with E-state index in [9.17, 15) is 23.2 Å². The average Bonchev–Trinajstić information content (AvgIpc) is 2.63. The molecule has 144 valence electrons. The number of rotatable bonds is 4. The van der Waals surface area contributed by atoms with E-state index in [0.717, 1.165) is 23.9 Å². The predicted octanol–water partition coefficient (Wildman–Crippen LogP) is 3.24. The second-order valence-corrected chi connectivity index (χ2v) is 6.56. The van der Waals surface area contributed by atoms with Crippen LogP contribution in [0.25, 0.3) is 0 Å². The minimum Gasteiger partial charge on any atom is -0.344 e. The molecule has 0 aliphatic heterocycles. The van der Waals surface area contributed by atoms with Gasteiger partial charge >= 0.3 is 6.18 Å². The molecule has 0 aliphatic rings. The summed E-state index contributed by atoms with van der Waals surface area (Å²) in [7, 11) is 0. The van der Waals surface area contributed by atoms with Crippen molar-refractivity contribution in [1.29, 1.82) is 5.26 Å². The second kappa shape index (κ2) is 9.25. The molecular formula is C19H15F3N4OS. The van der Waals surface area contributed by atoms with Crippen molar-refractivity contribution in [3.63, 3.8) is 0 Å². The van der Waals surface area contributed by atoms with Crippen LogP contribution in [-0.2, 0) is 11.0 Å². The number of hydrogen-bond acceptors (Lipinski definition) is 5. The second-order valence-electron chi connectivity index (χ2n) is 5.59. The molecule has 0 saturated carbocycles. The lowest BCUT2D eigenvalue weighted by atomic mass is 10.1. The van der Waals surface area contributed by atoms with Crippen molar-refractivity contribution < 1.29 is 18.0 Å². The molecule has 2 aromatic rings. The molecule has 0 aliphatic carbocycles. The van der Waals surface area contributed by atoms with Crippen LogP contribution in [0, 0.1) is 37.0 Å². The van der Waals surface area contributed by atoms with Gasteiger partial charge in [-0.15, -0.1) is 0 Å². The maximum atomic E-state index is 12.7. The number of nitrogens with zero attached hydrogens (tertiary/aromatic N) is 3. The fraction of sp³-hybridized carbons (Fsp3) is 0.263. The first kappa shape index (κ1) is 21.3. The van der Waals surface area contributed by atoms with E-state index in [4.69, 9.17) is 0 Å². The van der Waals surface area contributed by atoms with Gasteiger partial charge in [0.2, 0.25) is 5.91 Å². The van der Waals surface area contributed by atoms with Crippen LogP contribution in [0.1, 0.15) is 28.2 Å². The lowest BCUT2D eigenvalue weighted by molar-refractivity contribution is -0.137. The summed E-state index contributed by atoms with van der Waals surface area (Å²) >= 11 is 1.11. The molecule has 1 aromatic carbocycles. The molecule has 0 spiro atoms. The van der Waals surface area contributed by atoms with Gasteiger partial charge in [0, 0.05) is 5.56 Å². The zero-order valence-electron chi connectivity index (χ0n) is 15.0. The Morgan fingerprint density at radius 2 is 2.04 bits per heavy atom. The first-order valence-electron chi connectivity index (χ1n) is 8.01. The van der Waals surface area contributed by atoms with Gasteiger partial charge in [-0.05, 0) is 32.0 Å². The number of nitrogens with one attached hydrogen (secondary N) is 1. The third kappa shape index (κ3) is 6.00. The summed E-state index contributed by atoms with van der Waals surface area (Å²) in [5.74, 6) is 5.40. The summed E-state index contributed by atoms with van der Waals surface area (Å²) < 4.78 is 38.0. The van der Waals surface area contributed by atoms with Gasteiger partial charge in [0.1, 0.15) is 22.5 Å². The van der Waals surface area contributed by atoms with E-state index >= 15 is 0 Å². The maximum absolute atomic E-state index is 12.7. The van der Waals surface area contributed by atoms with Gasteiger partial charge in [-0.3, -0.25) is 4.79 Å². The Hall–Kier alpha value is -3.04. The zero-order valence-corrected chi connectivity index (χ0v) is 15.8. The van der Waals surface area contributed by atoms with Crippen LogP contribution < -0.4 is 5.32 Å². The molecule has 0 unspecified atom stereocenters. The van der Waals surface area contributed by atoms with Crippen LogP contribution in [-0.4, -0.2) is 28.2 Å². The van der Waals surface area contributed by atoms with Gasteiger partial charge in [0.05, 0.1) is 23.6 Å². The molecule has 0 saturated heterocycles. The average molecular weight is 404 g/mol. The lowest BCUT2D eigenvalue weighted by Crippen LogP contribution is -2.25. The third-order valence-corrected chi connectivity index (χ3v) is 4.39. The van der Waals surface area contributed by atoms with Gasteiger partial charge in [-0.25, -0.2) is 9.97 Å². The first-order valence-corrected chi connectivity index (χ1v) is 9.00. The fourth-order valence-corrected chi connectivity index (χ4v) is 3.07. The van der Waals surface area contributed by atoms with Crippen molar-refractivity contribution in [2.75, 3.05) is 12.3 Å². The van der Waals surface area contributed by atoms with Crippen molar-refractivity contribution in [3.8, 4) is 17.9 Å². The van der Waals surface area contributed by atoms with Gasteiger partial charge in [-0.1, -0.05) is 29.7 Å². The number of alkyl halides is 3.